The van der Waals surface area contributed by atoms with Gasteiger partial charge in [-0.2, -0.15) is 0 Å². The average molecular weight is 369 g/mol. The molecule has 0 aliphatic heterocycles. The zero-order chi connectivity index (χ0) is 17.0. The molecule has 0 aliphatic rings. The predicted octanol–water partition coefficient (Wildman–Crippen LogP) is 4.42. The number of amidine groups is 1. The summed E-state index contributed by atoms with van der Waals surface area (Å²) in [5.41, 5.74) is 3.75. The second-order valence-corrected chi connectivity index (χ2v) is 5.20. The van der Waals surface area contributed by atoms with Gasteiger partial charge in [-0.1, -0.05) is 45.9 Å². The van der Waals surface area contributed by atoms with Crippen molar-refractivity contribution in [3.63, 3.8) is 0 Å². The molecule has 1 aromatic rings. The van der Waals surface area contributed by atoms with Crippen LogP contribution in [0.2, 0.25) is 0 Å². The molecule has 0 aliphatic carbocycles. The highest BCUT2D eigenvalue weighted by atomic mass is 79.9. The number of aliphatic hydroxyl groups excluding tert-OH is 1. The van der Waals surface area contributed by atoms with Crippen molar-refractivity contribution in [2.75, 3.05) is 13.2 Å². The van der Waals surface area contributed by atoms with Gasteiger partial charge in [-0.15, -0.1) is 0 Å². The smallest absolute Gasteiger partial charge is 0.133 e. The number of nitrogens with one attached hydrogen (secondary N) is 1. The molecule has 0 heterocycles. The van der Waals surface area contributed by atoms with Crippen LogP contribution in [0.4, 0.5) is 0 Å². The number of hydrogen-bond donors (Lipinski definition) is 2. The second kappa shape index (κ2) is 12.4. The van der Waals surface area contributed by atoms with Crippen LogP contribution < -0.4 is 5.32 Å². The van der Waals surface area contributed by atoms with Crippen LogP contribution in [0.5, 0.6) is 0 Å². The Kier molecular flexibility index (Phi) is 11.8. The molecule has 0 bridgehead atoms. The Morgan fingerprint density at radius 3 is 2.14 bits per heavy atom. The average Bonchev–Trinajstić information content (AvgIpc) is 2.55. The first-order valence-electron chi connectivity index (χ1n) is 8.06. The molecule has 0 fully saturated rings. The minimum Gasteiger partial charge on any atom is -0.392 e. The van der Waals surface area contributed by atoms with Crippen molar-refractivity contribution in [2.45, 2.75) is 47.5 Å². The van der Waals surface area contributed by atoms with Crippen molar-refractivity contribution < 1.29 is 5.11 Å². The number of aryl methyl sites for hydroxylation is 2. The normalized spacial score (nSPS) is 11.8. The van der Waals surface area contributed by atoms with E-state index >= 15 is 0 Å². The summed E-state index contributed by atoms with van der Waals surface area (Å²) in [7, 11) is 0. The molecular weight excluding hydrogens is 340 g/mol. The lowest BCUT2D eigenvalue weighted by molar-refractivity contribution is 0.342. The quantitative estimate of drug-likeness (QED) is 0.443. The molecule has 0 radical (unpaired) electrons. The molecule has 0 saturated carbocycles. The molecule has 0 atom stereocenters. The van der Waals surface area contributed by atoms with E-state index < -0.39 is 0 Å². The van der Waals surface area contributed by atoms with Crippen LogP contribution in [-0.2, 0) is 12.8 Å². The van der Waals surface area contributed by atoms with Crippen molar-refractivity contribution in [3.05, 3.63) is 45.6 Å². The summed E-state index contributed by atoms with van der Waals surface area (Å²) in [5, 5.41) is 12.2. The van der Waals surface area contributed by atoms with Crippen LogP contribution in [0, 0.1) is 0 Å². The Balaban J connectivity index is 0.00000211. The van der Waals surface area contributed by atoms with Gasteiger partial charge >= 0.3 is 0 Å². The first-order valence-corrected chi connectivity index (χ1v) is 8.86. The molecule has 0 unspecified atom stereocenters. The summed E-state index contributed by atoms with van der Waals surface area (Å²) < 4.78 is 0.736. The summed E-state index contributed by atoms with van der Waals surface area (Å²) >= 11 is 3.41. The number of aliphatic imine (C=N–C) groups is 1. The molecule has 124 valence electrons. The summed E-state index contributed by atoms with van der Waals surface area (Å²) in [6.45, 7) is 11.0. The van der Waals surface area contributed by atoms with Gasteiger partial charge in [0.15, 0.2) is 0 Å². The topological polar surface area (TPSA) is 44.6 Å². The third kappa shape index (κ3) is 6.32. The van der Waals surface area contributed by atoms with Gasteiger partial charge in [-0.3, -0.25) is 4.99 Å². The van der Waals surface area contributed by atoms with E-state index in [1.54, 1.807) is 6.08 Å². The zero-order valence-electron chi connectivity index (χ0n) is 14.4. The van der Waals surface area contributed by atoms with Gasteiger partial charge in [-0.25, -0.2) is 0 Å². The van der Waals surface area contributed by atoms with Crippen LogP contribution in [0.25, 0.3) is 0 Å². The highest BCUT2D eigenvalue weighted by Gasteiger charge is 2.13. The lowest BCUT2D eigenvalue weighted by Crippen LogP contribution is -2.25. The Hall–Kier alpha value is -1.13. The van der Waals surface area contributed by atoms with Gasteiger partial charge < -0.3 is 10.4 Å². The second-order valence-electron chi connectivity index (χ2n) is 4.34. The molecule has 0 saturated heterocycles. The molecular formula is C18H29BrN2O. The van der Waals surface area contributed by atoms with Gasteiger partial charge in [0.1, 0.15) is 5.84 Å². The van der Waals surface area contributed by atoms with E-state index in [1.165, 1.54) is 16.7 Å². The summed E-state index contributed by atoms with van der Waals surface area (Å²) in [6.07, 6.45) is 3.61. The van der Waals surface area contributed by atoms with Crippen molar-refractivity contribution in [3.8, 4) is 0 Å². The number of nitrogens with zero attached hydrogens (tertiary/aromatic N) is 1. The Bertz CT molecular complexity index is 474. The number of hydrogen-bond acceptors (Lipinski definition) is 2. The molecule has 1 rings (SSSR count). The highest BCUT2D eigenvalue weighted by Crippen LogP contribution is 2.18. The minimum atomic E-state index is -0.0109. The fourth-order valence-electron chi connectivity index (χ4n) is 2.13. The van der Waals surface area contributed by atoms with Crippen LogP contribution in [0.1, 0.15) is 51.3 Å². The van der Waals surface area contributed by atoms with E-state index in [2.05, 4.69) is 58.3 Å². The third-order valence-corrected chi connectivity index (χ3v) is 3.58. The third-order valence-electron chi connectivity index (χ3n) is 3.06. The summed E-state index contributed by atoms with van der Waals surface area (Å²) in [4.78, 5) is 4.59. The summed E-state index contributed by atoms with van der Waals surface area (Å²) in [6, 6.07) is 6.39. The van der Waals surface area contributed by atoms with E-state index in [9.17, 15) is 0 Å². The highest BCUT2D eigenvalue weighted by molar-refractivity contribution is 9.11. The predicted molar refractivity (Wildman–Crippen MR) is 101 cm³/mol. The Morgan fingerprint density at radius 2 is 1.73 bits per heavy atom. The molecule has 0 amide bonds. The first-order chi connectivity index (χ1) is 10.7. The van der Waals surface area contributed by atoms with E-state index in [1.807, 2.05) is 20.8 Å². The maximum Gasteiger partial charge on any atom is 0.133 e. The largest absolute Gasteiger partial charge is 0.392 e. The van der Waals surface area contributed by atoms with Crippen molar-refractivity contribution in [1.82, 2.24) is 5.32 Å². The van der Waals surface area contributed by atoms with Crippen LogP contribution in [-0.4, -0.2) is 24.1 Å². The number of benzene rings is 1. The first kappa shape index (κ1) is 20.9. The van der Waals surface area contributed by atoms with E-state index in [0.29, 0.717) is 6.54 Å². The monoisotopic (exact) mass is 368 g/mol. The van der Waals surface area contributed by atoms with Crippen molar-refractivity contribution >= 4 is 21.8 Å². The lowest BCUT2D eigenvalue weighted by Gasteiger charge is -2.17. The van der Waals surface area contributed by atoms with E-state index in [0.717, 1.165) is 23.3 Å². The van der Waals surface area contributed by atoms with E-state index in [4.69, 9.17) is 5.11 Å². The van der Waals surface area contributed by atoms with Gasteiger partial charge in [0.25, 0.3) is 0 Å². The van der Waals surface area contributed by atoms with Gasteiger partial charge in [-0.05, 0) is 52.9 Å². The van der Waals surface area contributed by atoms with Crippen LogP contribution in [0.15, 0.2) is 33.9 Å². The standard InChI is InChI=1S/C16H23BrN2O.C2H6/c1-4-12-8-7-9-13(5-2)15(12)16(18-6-3)19-14(17)10-11-20;1-2/h7-10,20H,4-6,11H2,1-3H3,(H,18,19);1-2H3/b14-10+;. The fraction of sp³-hybridized carbons (Fsp3) is 0.500. The molecule has 2 N–H and O–H groups in total. The van der Waals surface area contributed by atoms with Crippen LogP contribution in [0.3, 0.4) is 0 Å². The maximum absolute atomic E-state index is 8.97. The SMILES string of the molecule is CC.CCN=C(N/C(Br)=C/CO)c1c(CC)cccc1CC. The number of aliphatic hydroxyl groups is 1. The Labute approximate surface area is 143 Å². The zero-order valence-corrected chi connectivity index (χ0v) is 16.0. The van der Waals surface area contributed by atoms with Crippen molar-refractivity contribution in [2.24, 2.45) is 4.99 Å². The van der Waals surface area contributed by atoms with Gasteiger partial charge in [0.2, 0.25) is 0 Å². The lowest BCUT2D eigenvalue weighted by atomic mass is 9.96. The Morgan fingerprint density at radius 1 is 1.18 bits per heavy atom. The van der Waals surface area contributed by atoms with Gasteiger partial charge in [0.05, 0.1) is 11.2 Å². The molecule has 22 heavy (non-hydrogen) atoms. The summed E-state index contributed by atoms with van der Waals surface area (Å²) in [5.74, 6) is 0.860. The molecule has 0 spiro atoms. The number of rotatable bonds is 6. The molecule has 4 heteroatoms. The van der Waals surface area contributed by atoms with Crippen LogP contribution >= 0.6 is 15.9 Å². The maximum atomic E-state index is 8.97. The van der Waals surface area contributed by atoms with Gasteiger partial charge in [0, 0.05) is 12.1 Å². The molecule has 3 nitrogen and oxygen atoms in total. The van der Waals surface area contributed by atoms with E-state index in [-0.39, 0.29) is 6.61 Å². The van der Waals surface area contributed by atoms with Crippen molar-refractivity contribution in [1.29, 1.82) is 0 Å². The minimum absolute atomic E-state index is 0.0109. The fourth-order valence-corrected chi connectivity index (χ4v) is 2.46. The number of halogens is 1. The molecule has 0 aromatic heterocycles. The molecule has 1 aromatic carbocycles.